The van der Waals surface area contributed by atoms with Crippen LogP contribution >= 0.6 is 0 Å². The number of benzene rings is 8. The highest BCUT2D eigenvalue weighted by Crippen LogP contribution is 2.51. The third-order valence-electron chi connectivity index (χ3n) is 10.7. The first-order chi connectivity index (χ1) is 25.0. The van der Waals surface area contributed by atoms with Crippen molar-refractivity contribution in [3.63, 3.8) is 0 Å². The van der Waals surface area contributed by atoms with Gasteiger partial charge in [0.25, 0.3) is 0 Å². The summed E-state index contributed by atoms with van der Waals surface area (Å²) in [5.41, 5.74) is 10.3. The Morgan fingerprint density at radius 3 is 1.76 bits per heavy atom. The fourth-order valence-corrected chi connectivity index (χ4v) is 8.29. The molecule has 1 aliphatic rings. The molecule has 0 atom stereocenters. The van der Waals surface area contributed by atoms with E-state index in [1.807, 2.05) is 18.2 Å². The zero-order valence-corrected chi connectivity index (χ0v) is 28.4. The van der Waals surface area contributed by atoms with Crippen molar-refractivity contribution < 1.29 is 0 Å². The van der Waals surface area contributed by atoms with Crippen molar-refractivity contribution in [2.75, 3.05) is 0 Å². The molecule has 9 aromatic rings. The van der Waals surface area contributed by atoms with Gasteiger partial charge in [-0.3, -0.25) is 0 Å². The Labute approximate surface area is 297 Å². The van der Waals surface area contributed by atoms with Gasteiger partial charge in [-0.25, -0.2) is 15.0 Å². The standard InChI is InChI=1S/C48H33N3/c1-48(2)42-22-11-10-19-37(42)39-20-12-21-40(44(39)48)47-50-45(32-14-4-3-5-15-32)49-46(51-47)33-25-23-31(24-26-33)43-36-18-9-7-16-34(36)29-41-35-17-8-6-13-30(35)27-28-38(41)43/h3-29H,1-2H3. The lowest BCUT2D eigenvalue weighted by Gasteiger charge is -2.24. The summed E-state index contributed by atoms with van der Waals surface area (Å²) in [4.78, 5) is 15.4. The van der Waals surface area contributed by atoms with Crippen LogP contribution in [0.4, 0.5) is 0 Å². The van der Waals surface area contributed by atoms with Gasteiger partial charge in [-0.05, 0) is 71.8 Å². The van der Waals surface area contributed by atoms with Crippen LogP contribution in [0.25, 0.3) is 88.7 Å². The highest BCUT2D eigenvalue weighted by atomic mass is 15.0. The van der Waals surface area contributed by atoms with E-state index in [2.05, 4.69) is 159 Å². The summed E-state index contributed by atoms with van der Waals surface area (Å²) in [7, 11) is 0. The molecule has 0 N–H and O–H groups in total. The molecule has 240 valence electrons. The summed E-state index contributed by atoms with van der Waals surface area (Å²) >= 11 is 0. The molecule has 3 nitrogen and oxygen atoms in total. The summed E-state index contributed by atoms with van der Waals surface area (Å²) in [5.74, 6) is 2.01. The molecule has 0 saturated heterocycles. The number of nitrogens with zero attached hydrogens (tertiary/aromatic N) is 3. The molecule has 0 bridgehead atoms. The fraction of sp³-hybridized carbons (Fsp3) is 0.0625. The smallest absolute Gasteiger partial charge is 0.164 e. The Morgan fingerprint density at radius 2 is 0.961 bits per heavy atom. The van der Waals surface area contributed by atoms with Gasteiger partial charge in [-0.1, -0.05) is 172 Å². The molecule has 0 saturated carbocycles. The molecule has 0 aliphatic heterocycles. The maximum Gasteiger partial charge on any atom is 0.164 e. The Kier molecular flexibility index (Phi) is 6.53. The average Bonchev–Trinajstić information content (AvgIpc) is 3.43. The molecule has 1 heterocycles. The highest BCUT2D eigenvalue weighted by molar-refractivity contribution is 6.20. The molecule has 0 spiro atoms. The summed E-state index contributed by atoms with van der Waals surface area (Å²) < 4.78 is 0. The van der Waals surface area contributed by atoms with Crippen LogP contribution < -0.4 is 0 Å². The van der Waals surface area contributed by atoms with E-state index in [4.69, 9.17) is 15.0 Å². The monoisotopic (exact) mass is 651 g/mol. The van der Waals surface area contributed by atoms with E-state index in [0.29, 0.717) is 17.5 Å². The third-order valence-corrected chi connectivity index (χ3v) is 10.7. The molecule has 1 aromatic heterocycles. The predicted molar refractivity (Wildman–Crippen MR) is 212 cm³/mol. The van der Waals surface area contributed by atoms with Gasteiger partial charge in [-0.2, -0.15) is 0 Å². The first kappa shape index (κ1) is 29.5. The topological polar surface area (TPSA) is 38.7 Å². The molecular formula is C48H33N3. The Morgan fingerprint density at radius 1 is 0.373 bits per heavy atom. The lowest BCUT2D eigenvalue weighted by molar-refractivity contribution is 0.661. The maximum absolute atomic E-state index is 5.22. The van der Waals surface area contributed by atoms with Gasteiger partial charge in [0, 0.05) is 22.1 Å². The van der Waals surface area contributed by atoms with Crippen molar-refractivity contribution in [1.29, 1.82) is 0 Å². The zero-order chi connectivity index (χ0) is 34.1. The van der Waals surface area contributed by atoms with Crippen molar-refractivity contribution in [2.24, 2.45) is 0 Å². The summed E-state index contributed by atoms with van der Waals surface area (Å²) in [6.45, 7) is 4.61. The normalized spacial score (nSPS) is 13.1. The van der Waals surface area contributed by atoms with Crippen molar-refractivity contribution in [3.05, 3.63) is 175 Å². The fourth-order valence-electron chi connectivity index (χ4n) is 8.29. The molecule has 3 heteroatoms. The molecule has 51 heavy (non-hydrogen) atoms. The van der Waals surface area contributed by atoms with Crippen LogP contribution in [0.15, 0.2) is 164 Å². The number of hydrogen-bond acceptors (Lipinski definition) is 3. The third kappa shape index (κ3) is 4.62. The Hall–Kier alpha value is -6.45. The molecule has 1 aliphatic carbocycles. The van der Waals surface area contributed by atoms with Crippen LogP contribution in [-0.2, 0) is 5.41 Å². The maximum atomic E-state index is 5.22. The van der Waals surface area contributed by atoms with Crippen molar-refractivity contribution in [2.45, 2.75) is 19.3 Å². The molecule has 8 aromatic carbocycles. The van der Waals surface area contributed by atoms with Crippen molar-refractivity contribution in [1.82, 2.24) is 15.0 Å². The lowest BCUT2D eigenvalue weighted by Crippen LogP contribution is -2.17. The van der Waals surface area contributed by atoms with Gasteiger partial charge in [0.2, 0.25) is 0 Å². The molecule has 0 amide bonds. The number of aromatic nitrogens is 3. The first-order valence-corrected chi connectivity index (χ1v) is 17.5. The molecule has 0 radical (unpaired) electrons. The largest absolute Gasteiger partial charge is 0.208 e. The van der Waals surface area contributed by atoms with E-state index in [0.717, 1.165) is 22.3 Å². The van der Waals surface area contributed by atoms with E-state index in [1.165, 1.54) is 60.1 Å². The summed E-state index contributed by atoms with van der Waals surface area (Å²) in [6.07, 6.45) is 0. The van der Waals surface area contributed by atoms with Crippen LogP contribution in [0, 0.1) is 0 Å². The zero-order valence-electron chi connectivity index (χ0n) is 28.4. The van der Waals surface area contributed by atoms with Crippen LogP contribution in [0.2, 0.25) is 0 Å². The van der Waals surface area contributed by atoms with Crippen LogP contribution in [0.1, 0.15) is 25.0 Å². The van der Waals surface area contributed by atoms with E-state index in [1.54, 1.807) is 0 Å². The number of hydrogen-bond donors (Lipinski definition) is 0. The van der Waals surface area contributed by atoms with Gasteiger partial charge in [0.15, 0.2) is 17.5 Å². The van der Waals surface area contributed by atoms with E-state index in [-0.39, 0.29) is 5.41 Å². The molecular weight excluding hydrogens is 619 g/mol. The second-order valence-electron chi connectivity index (χ2n) is 14.0. The lowest BCUT2D eigenvalue weighted by atomic mass is 9.80. The Bertz CT molecular complexity index is 2820. The summed E-state index contributed by atoms with van der Waals surface area (Å²) in [6, 6.07) is 58.4. The Balaban J connectivity index is 1.15. The predicted octanol–water partition coefficient (Wildman–Crippen LogP) is 12.3. The van der Waals surface area contributed by atoms with E-state index >= 15 is 0 Å². The van der Waals surface area contributed by atoms with Gasteiger partial charge < -0.3 is 0 Å². The van der Waals surface area contributed by atoms with E-state index < -0.39 is 0 Å². The summed E-state index contributed by atoms with van der Waals surface area (Å²) in [5, 5.41) is 7.50. The minimum absolute atomic E-state index is 0.198. The van der Waals surface area contributed by atoms with Crippen molar-refractivity contribution >= 4 is 32.3 Å². The van der Waals surface area contributed by atoms with Crippen molar-refractivity contribution in [3.8, 4) is 56.4 Å². The number of fused-ring (bicyclic) bond motifs is 7. The second-order valence-corrected chi connectivity index (χ2v) is 14.0. The second kappa shape index (κ2) is 11.3. The van der Waals surface area contributed by atoms with Gasteiger partial charge in [-0.15, -0.1) is 0 Å². The minimum atomic E-state index is -0.198. The molecule has 10 rings (SSSR count). The van der Waals surface area contributed by atoms with Gasteiger partial charge in [0.1, 0.15) is 0 Å². The van der Waals surface area contributed by atoms with Crippen LogP contribution in [0.3, 0.4) is 0 Å². The number of rotatable bonds is 4. The quantitative estimate of drug-likeness (QED) is 0.140. The SMILES string of the molecule is CC1(C)c2ccccc2-c2cccc(-c3nc(-c4ccccc4)nc(-c4ccc(-c5c6ccccc6cc6c5ccc5ccccc56)cc4)n3)c21. The first-order valence-electron chi connectivity index (χ1n) is 17.5. The van der Waals surface area contributed by atoms with Crippen LogP contribution in [0.5, 0.6) is 0 Å². The van der Waals surface area contributed by atoms with Crippen LogP contribution in [-0.4, -0.2) is 15.0 Å². The average molecular weight is 652 g/mol. The minimum Gasteiger partial charge on any atom is -0.208 e. The highest BCUT2D eigenvalue weighted by Gasteiger charge is 2.38. The molecule has 0 unspecified atom stereocenters. The van der Waals surface area contributed by atoms with Gasteiger partial charge in [0.05, 0.1) is 0 Å². The molecule has 0 fully saturated rings. The van der Waals surface area contributed by atoms with Gasteiger partial charge >= 0.3 is 0 Å². The van der Waals surface area contributed by atoms with E-state index in [9.17, 15) is 0 Å².